The van der Waals surface area contributed by atoms with Crippen molar-refractivity contribution in [1.82, 2.24) is 4.90 Å². The Morgan fingerprint density at radius 2 is 1.59 bits per heavy atom. The fourth-order valence-electron chi connectivity index (χ4n) is 6.48. The second kappa shape index (κ2) is 3.73. The van der Waals surface area contributed by atoms with Crippen molar-refractivity contribution in [2.24, 2.45) is 23.2 Å². The predicted octanol–water partition coefficient (Wildman–Crippen LogP) is 3.69. The highest BCUT2D eigenvalue weighted by Gasteiger charge is 2.55. The van der Waals surface area contributed by atoms with Gasteiger partial charge in [-0.1, -0.05) is 6.92 Å². The molecule has 5 fully saturated rings. The fourth-order valence-corrected chi connectivity index (χ4v) is 6.48. The normalized spacial score (nSPS) is 53.5. The lowest BCUT2D eigenvalue weighted by molar-refractivity contribution is -0.0920. The first-order chi connectivity index (χ1) is 8.29. The van der Waals surface area contributed by atoms with Gasteiger partial charge in [-0.2, -0.15) is 0 Å². The van der Waals surface area contributed by atoms with Gasteiger partial charge in [0, 0.05) is 6.04 Å². The van der Waals surface area contributed by atoms with Crippen molar-refractivity contribution in [1.29, 1.82) is 0 Å². The largest absolute Gasteiger partial charge is 0.300 e. The highest BCUT2D eigenvalue weighted by molar-refractivity contribution is 5.07. The lowest BCUT2D eigenvalue weighted by Gasteiger charge is -2.60. The van der Waals surface area contributed by atoms with Crippen molar-refractivity contribution in [3.63, 3.8) is 0 Å². The van der Waals surface area contributed by atoms with E-state index in [9.17, 15) is 0 Å². The molecule has 0 aromatic carbocycles. The number of hydrogen-bond donors (Lipinski definition) is 0. The quantitative estimate of drug-likeness (QED) is 0.703. The molecule has 0 radical (unpaired) electrons. The van der Waals surface area contributed by atoms with Crippen molar-refractivity contribution >= 4 is 0 Å². The minimum Gasteiger partial charge on any atom is -0.300 e. The minimum absolute atomic E-state index is 0.779. The molecule has 0 spiro atoms. The maximum atomic E-state index is 2.83. The van der Waals surface area contributed by atoms with Crippen LogP contribution < -0.4 is 0 Å². The van der Waals surface area contributed by atoms with Gasteiger partial charge in [-0.05, 0) is 87.6 Å². The van der Waals surface area contributed by atoms with Gasteiger partial charge >= 0.3 is 0 Å². The van der Waals surface area contributed by atoms with Gasteiger partial charge in [-0.25, -0.2) is 0 Å². The fraction of sp³-hybridized carbons (Fsp3) is 1.00. The van der Waals surface area contributed by atoms with Crippen LogP contribution >= 0.6 is 0 Å². The summed E-state index contributed by atoms with van der Waals surface area (Å²) in [6.45, 7) is 5.06. The Hall–Kier alpha value is -0.0400. The molecular formula is C16H27N. The first kappa shape index (κ1) is 10.8. The molecule has 5 rings (SSSR count). The summed E-state index contributed by atoms with van der Waals surface area (Å²) < 4.78 is 0. The highest BCUT2D eigenvalue weighted by Crippen LogP contribution is 2.62. The third-order valence-electron chi connectivity index (χ3n) is 6.56. The molecule has 96 valence electrons. The molecule has 5 aliphatic rings. The van der Waals surface area contributed by atoms with E-state index >= 15 is 0 Å². The van der Waals surface area contributed by atoms with E-state index in [0.717, 1.165) is 29.2 Å². The van der Waals surface area contributed by atoms with E-state index in [1.54, 1.807) is 38.5 Å². The Balaban J connectivity index is 1.63. The summed E-state index contributed by atoms with van der Waals surface area (Å²) in [5.41, 5.74) is 0.779. The van der Waals surface area contributed by atoms with Gasteiger partial charge in [-0.3, -0.25) is 0 Å². The first-order valence-corrected chi connectivity index (χ1v) is 8.03. The van der Waals surface area contributed by atoms with Crippen LogP contribution in [0.2, 0.25) is 0 Å². The van der Waals surface area contributed by atoms with Crippen LogP contribution in [-0.2, 0) is 0 Å². The van der Waals surface area contributed by atoms with Gasteiger partial charge < -0.3 is 4.90 Å². The van der Waals surface area contributed by atoms with E-state index in [1.807, 2.05) is 0 Å². The summed E-state index contributed by atoms with van der Waals surface area (Å²) in [5, 5.41) is 0. The number of hydrogen-bond acceptors (Lipinski definition) is 1. The van der Waals surface area contributed by atoms with E-state index in [1.165, 1.54) is 25.9 Å². The number of rotatable bonds is 2. The second-order valence-corrected chi connectivity index (χ2v) is 7.57. The zero-order valence-corrected chi connectivity index (χ0v) is 11.3. The molecule has 4 aliphatic carbocycles. The summed E-state index contributed by atoms with van der Waals surface area (Å²) in [6, 6.07) is 0.973. The van der Waals surface area contributed by atoms with Crippen LogP contribution in [0.5, 0.6) is 0 Å². The molecule has 17 heavy (non-hydrogen) atoms. The maximum Gasteiger partial charge on any atom is 0.0152 e. The zero-order valence-electron chi connectivity index (χ0n) is 11.3. The Labute approximate surface area is 106 Å². The van der Waals surface area contributed by atoms with Gasteiger partial charge in [0.25, 0.3) is 0 Å². The van der Waals surface area contributed by atoms with Gasteiger partial charge in [0.2, 0.25) is 0 Å². The molecule has 4 bridgehead atoms. The molecule has 1 heterocycles. The van der Waals surface area contributed by atoms with Gasteiger partial charge in [0.05, 0.1) is 0 Å². The topological polar surface area (TPSA) is 3.24 Å². The molecule has 1 nitrogen and oxygen atoms in total. The third kappa shape index (κ3) is 1.54. The Kier molecular flexibility index (Phi) is 2.38. The summed E-state index contributed by atoms with van der Waals surface area (Å²) in [5.74, 6) is 3.38. The Morgan fingerprint density at radius 1 is 1.00 bits per heavy atom. The molecule has 0 aromatic heterocycles. The first-order valence-electron chi connectivity index (χ1n) is 8.03. The van der Waals surface area contributed by atoms with E-state index in [4.69, 9.17) is 0 Å². The average Bonchev–Trinajstić information content (AvgIpc) is 2.75. The van der Waals surface area contributed by atoms with Crippen LogP contribution in [0, 0.1) is 23.2 Å². The SMILES string of the molecule is CCN1CCC[C@H]1C12CC3CC(CC(C3)C1)C2. The smallest absolute Gasteiger partial charge is 0.0152 e. The van der Waals surface area contributed by atoms with Crippen molar-refractivity contribution in [3.05, 3.63) is 0 Å². The van der Waals surface area contributed by atoms with Crippen molar-refractivity contribution in [3.8, 4) is 0 Å². The van der Waals surface area contributed by atoms with Crippen LogP contribution in [0.25, 0.3) is 0 Å². The van der Waals surface area contributed by atoms with E-state index in [-0.39, 0.29) is 0 Å². The monoisotopic (exact) mass is 233 g/mol. The molecule has 1 heteroatoms. The van der Waals surface area contributed by atoms with Crippen LogP contribution in [0.4, 0.5) is 0 Å². The summed E-state index contributed by atoms with van der Waals surface area (Å²) >= 11 is 0. The molecule has 1 aliphatic heterocycles. The summed E-state index contributed by atoms with van der Waals surface area (Å²) in [4.78, 5) is 2.83. The van der Waals surface area contributed by atoms with Crippen molar-refractivity contribution in [2.75, 3.05) is 13.1 Å². The standard InChI is InChI=1S/C16H27N/c1-2-17-5-3-4-15(17)16-9-12-6-13(10-16)8-14(7-12)11-16/h12-15H,2-11H2,1H3/t12?,13?,14?,15-,16?/m0/s1. The molecular weight excluding hydrogens is 206 g/mol. The van der Waals surface area contributed by atoms with Crippen molar-refractivity contribution in [2.45, 2.75) is 64.3 Å². The predicted molar refractivity (Wildman–Crippen MR) is 70.9 cm³/mol. The van der Waals surface area contributed by atoms with E-state index < -0.39 is 0 Å². The Morgan fingerprint density at radius 3 is 2.12 bits per heavy atom. The molecule has 0 N–H and O–H groups in total. The second-order valence-electron chi connectivity index (χ2n) is 7.57. The average molecular weight is 233 g/mol. The maximum absolute atomic E-state index is 2.83. The van der Waals surface area contributed by atoms with Crippen LogP contribution in [-0.4, -0.2) is 24.0 Å². The molecule has 1 saturated heterocycles. The Bertz CT molecular complexity index is 273. The molecule has 0 unspecified atom stereocenters. The molecule has 4 saturated carbocycles. The highest BCUT2D eigenvalue weighted by atomic mass is 15.2. The minimum atomic E-state index is 0.779. The number of nitrogens with zero attached hydrogens (tertiary/aromatic N) is 1. The third-order valence-corrected chi connectivity index (χ3v) is 6.56. The van der Waals surface area contributed by atoms with Crippen LogP contribution in [0.3, 0.4) is 0 Å². The van der Waals surface area contributed by atoms with Crippen molar-refractivity contribution < 1.29 is 0 Å². The van der Waals surface area contributed by atoms with E-state index in [2.05, 4.69) is 11.8 Å². The summed E-state index contributed by atoms with van der Waals surface area (Å²) in [6.07, 6.45) is 12.6. The van der Waals surface area contributed by atoms with Gasteiger partial charge in [-0.15, -0.1) is 0 Å². The number of likely N-dealkylation sites (tertiary alicyclic amines) is 1. The van der Waals surface area contributed by atoms with E-state index in [0.29, 0.717) is 0 Å². The zero-order chi connectivity index (χ0) is 11.5. The summed E-state index contributed by atoms with van der Waals surface area (Å²) in [7, 11) is 0. The van der Waals surface area contributed by atoms with Crippen LogP contribution in [0.1, 0.15) is 58.3 Å². The molecule has 1 atom stereocenters. The van der Waals surface area contributed by atoms with Crippen LogP contribution in [0.15, 0.2) is 0 Å². The lowest BCUT2D eigenvalue weighted by atomic mass is 9.47. The van der Waals surface area contributed by atoms with Gasteiger partial charge in [0.15, 0.2) is 0 Å². The molecule has 0 aromatic rings. The van der Waals surface area contributed by atoms with Gasteiger partial charge in [0.1, 0.15) is 0 Å². The lowest BCUT2D eigenvalue weighted by Crippen LogP contribution is -2.55. The molecule has 0 amide bonds.